The van der Waals surface area contributed by atoms with Crippen LogP contribution in [0.25, 0.3) is 0 Å². The Balaban J connectivity index is 1.58. The molecule has 2 aromatic rings. The van der Waals surface area contributed by atoms with Crippen molar-refractivity contribution in [1.82, 2.24) is 14.8 Å². The van der Waals surface area contributed by atoms with E-state index in [2.05, 4.69) is 22.3 Å². The average molecular weight is 282 g/mol. The van der Waals surface area contributed by atoms with Gasteiger partial charge in [0.25, 0.3) is 0 Å². The highest BCUT2D eigenvalue weighted by Gasteiger charge is 2.25. The van der Waals surface area contributed by atoms with Gasteiger partial charge in [0.1, 0.15) is 5.69 Å². The smallest absolute Gasteiger partial charge is 0.248 e. The van der Waals surface area contributed by atoms with Crippen LogP contribution in [0.4, 0.5) is 0 Å². The van der Waals surface area contributed by atoms with Gasteiger partial charge in [-0.3, -0.25) is 9.48 Å². The number of aromatic nitrogens is 2. The van der Waals surface area contributed by atoms with E-state index in [0.717, 1.165) is 24.2 Å². The van der Waals surface area contributed by atoms with Crippen molar-refractivity contribution in [2.24, 2.45) is 12.1 Å². The van der Waals surface area contributed by atoms with Crippen LogP contribution >= 0.6 is 0 Å². The molecule has 5 heteroatoms. The lowest BCUT2D eigenvalue weighted by Gasteiger charge is -2.11. The van der Waals surface area contributed by atoms with Crippen molar-refractivity contribution < 1.29 is 4.79 Å². The van der Waals surface area contributed by atoms with Crippen molar-refractivity contribution in [2.45, 2.75) is 19.3 Å². The molecule has 1 aromatic carbocycles. The number of benzene rings is 1. The predicted molar refractivity (Wildman–Crippen MR) is 80.8 cm³/mol. The molecule has 0 fully saturated rings. The molecule has 2 heterocycles. The summed E-state index contributed by atoms with van der Waals surface area (Å²) in [6.07, 6.45) is 4.08. The SMILES string of the molecule is Cn1ccc(C2=NN(CCCc3ccccc3)C(=O)C2)n1. The van der Waals surface area contributed by atoms with E-state index in [1.54, 1.807) is 9.69 Å². The largest absolute Gasteiger partial charge is 0.275 e. The molecule has 5 nitrogen and oxygen atoms in total. The number of amides is 1. The molecule has 1 aromatic heterocycles. The van der Waals surface area contributed by atoms with E-state index in [9.17, 15) is 4.79 Å². The first-order valence-corrected chi connectivity index (χ1v) is 7.14. The van der Waals surface area contributed by atoms with E-state index in [4.69, 9.17) is 0 Å². The molecule has 0 radical (unpaired) electrons. The van der Waals surface area contributed by atoms with Crippen LogP contribution in [0, 0.1) is 0 Å². The topological polar surface area (TPSA) is 50.5 Å². The van der Waals surface area contributed by atoms with Crippen LogP contribution in [-0.2, 0) is 18.3 Å². The quantitative estimate of drug-likeness (QED) is 0.842. The molecule has 0 saturated carbocycles. The molecule has 0 aliphatic carbocycles. The average Bonchev–Trinajstić information content (AvgIpc) is 3.07. The van der Waals surface area contributed by atoms with E-state index in [1.807, 2.05) is 37.5 Å². The molecular formula is C16H18N4O. The van der Waals surface area contributed by atoms with Crippen molar-refractivity contribution in [3.8, 4) is 0 Å². The first-order chi connectivity index (χ1) is 10.2. The van der Waals surface area contributed by atoms with Crippen molar-refractivity contribution in [2.75, 3.05) is 6.54 Å². The molecular weight excluding hydrogens is 264 g/mol. The minimum atomic E-state index is 0.0590. The van der Waals surface area contributed by atoms with Crippen LogP contribution in [0.1, 0.15) is 24.1 Å². The lowest BCUT2D eigenvalue weighted by Crippen LogP contribution is -2.22. The van der Waals surface area contributed by atoms with Gasteiger partial charge in [-0.2, -0.15) is 10.2 Å². The van der Waals surface area contributed by atoms with Crippen LogP contribution in [0.15, 0.2) is 47.7 Å². The first-order valence-electron chi connectivity index (χ1n) is 7.14. The fourth-order valence-electron chi connectivity index (χ4n) is 2.43. The Morgan fingerprint density at radius 1 is 1.19 bits per heavy atom. The van der Waals surface area contributed by atoms with E-state index >= 15 is 0 Å². The number of nitrogens with zero attached hydrogens (tertiary/aromatic N) is 4. The Hall–Kier alpha value is -2.43. The van der Waals surface area contributed by atoms with Gasteiger partial charge in [-0.1, -0.05) is 30.3 Å². The number of rotatable bonds is 5. The zero-order chi connectivity index (χ0) is 14.7. The molecule has 21 heavy (non-hydrogen) atoms. The van der Waals surface area contributed by atoms with Gasteiger partial charge >= 0.3 is 0 Å². The Morgan fingerprint density at radius 3 is 2.71 bits per heavy atom. The number of hydrogen-bond acceptors (Lipinski definition) is 3. The second-order valence-electron chi connectivity index (χ2n) is 5.20. The van der Waals surface area contributed by atoms with Crippen molar-refractivity contribution >= 4 is 11.6 Å². The maximum absolute atomic E-state index is 12.0. The van der Waals surface area contributed by atoms with Crippen LogP contribution in [-0.4, -0.2) is 33.0 Å². The lowest BCUT2D eigenvalue weighted by molar-refractivity contribution is -0.128. The van der Waals surface area contributed by atoms with Gasteiger partial charge in [-0.05, 0) is 24.5 Å². The third kappa shape index (κ3) is 3.18. The number of carbonyl (C=O) groups is 1. The van der Waals surface area contributed by atoms with Crippen LogP contribution in [0.2, 0.25) is 0 Å². The molecule has 1 amide bonds. The van der Waals surface area contributed by atoms with Crippen molar-refractivity contribution in [1.29, 1.82) is 0 Å². The van der Waals surface area contributed by atoms with E-state index in [-0.39, 0.29) is 5.91 Å². The third-order valence-corrected chi connectivity index (χ3v) is 3.54. The Kier molecular flexibility index (Phi) is 3.81. The van der Waals surface area contributed by atoms with E-state index in [0.29, 0.717) is 13.0 Å². The molecule has 0 bridgehead atoms. The summed E-state index contributed by atoms with van der Waals surface area (Å²) in [5.74, 6) is 0.0590. The minimum absolute atomic E-state index is 0.0590. The summed E-state index contributed by atoms with van der Waals surface area (Å²) in [4.78, 5) is 12.0. The van der Waals surface area contributed by atoms with Gasteiger partial charge in [0.2, 0.25) is 5.91 Å². The fraction of sp³-hybridized carbons (Fsp3) is 0.312. The lowest BCUT2D eigenvalue weighted by atomic mass is 10.1. The van der Waals surface area contributed by atoms with Crippen molar-refractivity contribution in [3.05, 3.63) is 53.9 Å². The van der Waals surface area contributed by atoms with Crippen LogP contribution < -0.4 is 0 Å². The highest BCUT2D eigenvalue weighted by atomic mass is 16.2. The molecule has 0 N–H and O–H groups in total. The maximum atomic E-state index is 12.0. The standard InChI is InChI=1S/C16H18N4O/c1-19-11-9-14(17-19)15-12-16(21)20(18-15)10-5-8-13-6-3-2-4-7-13/h2-4,6-7,9,11H,5,8,10,12H2,1H3. The third-order valence-electron chi connectivity index (χ3n) is 3.54. The van der Waals surface area contributed by atoms with Gasteiger partial charge in [0.15, 0.2) is 0 Å². The summed E-state index contributed by atoms with van der Waals surface area (Å²) in [6.45, 7) is 0.657. The minimum Gasteiger partial charge on any atom is -0.275 e. The van der Waals surface area contributed by atoms with Crippen molar-refractivity contribution in [3.63, 3.8) is 0 Å². The normalized spacial score (nSPS) is 14.6. The predicted octanol–water partition coefficient (Wildman–Crippen LogP) is 1.99. The molecule has 0 spiro atoms. The zero-order valence-corrected chi connectivity index (χ0v) is 12.1. The summed E-state index contributed by atoms with van der Waals surface area (Å²) in [7, 11) is 1.86. The maximum Gasteiger partial charge on any atom is 0.248 e. The molecule has 108 valence electrons. The second kappa shape index (κ2) is 5.91. The number of hydrogen-bond donors (Lipinski definition) is 0. The Morgan fingerprint density at radius 2 is 2.00 bits per heavy atom. The highest BCUT2D eigenvalue weighted by Crippen LogP contribution is 2.14. The second-order valence-corrected chi connectivity index (χ2v) is 5.20. The van der Waals surface area contributed by atoms with Gasteiger partial charge in [0.05, 0.1) is 12.1 Å². The van der Waals surface area contributed by atoms with Crippen LogP contribution in [0.5, 0.6) is 0 Å². The van der Waals surface area contributed by atoms with Gasteiger partial charge in [0, 0.05) is 19.8 Å². The molecule has 0 unspecified atom stereocenters. The first kappa shape index (κ1) is 13.5. The summed E-state index contributed by atoms with van der Waals surface area (Å²) in [5, 5.41) is 10.3. The Bertz CT molecular complexity index is 660. The van der Waals surface area contributed by atoms with E-state index in [1.165, 1.54) is 5.56 Å². The molecule has 1 aliphatic heterocycles. The summed E-state index contributed by atoms with van der Waals surface area (Å²) in [5.41, 5.74) is 2.84. The molecule has 3 rings (SSSR count). The molecule has 1 aliphatic rings. The van der Waals surface area contributed by atoms with Gasteiger partial charge < -0.3 is 0 Å². The van der Waals surface area contributed by atoms with E-state index < -0.39 is 0 Å². The van der Waals surface area contributed by atoms with Crippen LogP contribution in [0.3, 0.4) is 0 Å². The summed E-state index contributed by atoms with van der Waals surface area (Å²) >= 11 is 0. The molecule has 0 saturated heterocycles. The Labute approximate surface area is 123 Å². The fourth-order valence-corrected chi connectivity index (χ4v) is 2.43. The summed E-state index contributed by atoms with van der Waals surface area (Å²) in [6, 6.07) is 12.2. The van der Waals surface area contributed by atoms with Gasteiger partial charge in [-0.15, -0.1) is 0 Å². The number of hydrazone groups is 1. The number of carbonyl (C=O) groups excluding carboxylic acids is 1. The summed E-state index contributed by atoms with van der Waals surface area (Å²) < 4.78 is 1.72. The number of aryl methyl sites for hydroxylation is 2. The monoisotopic (exact) mass is 282 g/mol. The molecule has 0 atom stereocenters. The highest BCUT2D eigenvalue weighted by molar-refractivity contribution is 6.12. The zero-order valence-electron chi connectivity index (χ0n) is 12.1. The van der Waals surface area contributed by atoms with Gasteiger partial charge in [-0.25, -0.2) is 5.01 Å².